The average Bonchev–Trinajstić information content (AvgIpc) is 3.33. The maximum atomic E-state index is 13.5. The Bertz CT molecular complexity index is 1050. The zero-order valence-electron chi connectivity index (χ0n) is 19.4. The standard InChI is InChI=1S/C27H32ClN3O2/c1-3-4-14-25-29-26(32)23(18-31(25)19(2)22-12-8-9-13-24(22)28)27(33)30-16-15-21(17-30)20-10-6-5-7-11-20/h5-13,19,21,32H,3-4,14-18H2,1-2H3/t19?,21-/m1/s1. The highest BCUT2D eigenvalue weighted by atomic mass is 35.5. The molecule has 2 aromatic carbocycles. The van der Waals surface area contributed by atoms with Gasteiger partial charge in [0, 0.05) is 30.5 Å². The topological polar surface area (TPSA) is 56.1 Å². The number of amidine groups is 1. The predicted molar refractivity (Wildman–Crippen MR) is 134 cm³/mol. The number of amides is 1. The first-order chi connectivity index (χ1) is 16.0. The van der Waals surface area contributed by atoms with Crippen LogP contribution in [0.3, 0.4) is 0 Å². The van der Waals surface area contributed by atoms with E-state index in [4.69, 9.17) is 11.6 Å². The average molecular weight is 466 g/mol. The minimum Gasteiger partial charge on any atom is -0.493 e. The summed E-state index contributed by atoms with van der Waals surface area (Å²) in [6.45, 7) is 5.88. The van der Waals surface area contributed by atoms with Crippen molar-refractivity contribution in [3.05, 3.63) is 82.2 Å². The van der Waals surface area contributed by atoms with Crippen molar-refractivity contribution in [2.24, 2.45) is 4.99 Å². The predicted octanol–water partition coefficient (Wildman–Crippen LogP) is 6.09. The second kappa shape index (κ2) is 10.4. The fraction of sp³-hybridized carbons (Fsp3) is 0.407. The number of halogens is 1. The largest absolute Gasteiger partial charge is 0.493 e. The lowest BCUT2D eigenvalue weighted by Gasteiger charge is -2.36. The number of benzene rings is 2. The van der Waals surface area contributed by atoms with Crippen LogP contribution in [0.5, 0.6) is 0 Å². The van der Waals surface area contributed by atoms with E-state index in [0.29, 0.717) is 36.1 Å². The molecule has 174 valence electrons. The number of hydrogen-bond acceptors (Lipinski definition) is 4. The van der Waals surface area contributed by atoms with Crippen molar-refractivity contribution in [2.45, 2.75) is 51.5 Å². The second-order valence-electron chi connectivity index (χ2n) is 8.91. The van der Waals surface area contributed by atoms with Crippen LogP contribution in [0.15, 0.2) is 71.0 Å². The van der Waals surface area contributed by atoms with Crippen molar-refractivity contribution in [1.82, 2.24) is 9.80 Å². The molecule has 0 saturated carbocycles. The summed E-state index contributed by atoms with van der Waals surface area (Å²) in [6, 6.07) is 18.0. The number of nitrogens with zero attached hydrogens (tertiary/aromatic N) is 3. The van der Waals surface area contributed by atoms with Gasteiger partial charge in [0.25, 0.3) is 5.91 Å². The first-order valence-electron chi connectivity index (χ1n) is 11.8. The third-order valence-corrected chi connectivity index (χ3v) is 7.09. The molecule has 0 radical (unpaired) electrons. The van der Waals surface area contributed by atoms with E-state index in [-0.39, 0.29) is 17.8 Å². The molecular formula is C27H32ClN3O2. The number of likely N-dealkylation sites (tertiary alicyclic amines) is 1. The number of aliphatic hydroxyl groups is 1. The Kier molecular flexibility index (Phi) is 7.39. The molecule has 1 unspecified atom stereocenters. The molecule has 6 heteroatoms. The van der Waals surface area contributed by atoms with Crippen LogP contribution >= 0.6 is 11.6 Å². The molecule has 33 heavy (non-hydrogen) atoms. The van der Waals surface area contributed by atoms with Crippen LogP contribution in [0, 0.1) is 0 Å². The first kappa shape index (κ1) is 23.4. The van der Waals surface area contributed by atoms with Gasteiger partial charge in [0.05, 0.1) is 18.2 Å². The van der Waals surface area contributed by atoms with Crippen molar-refractivity contribution in [3.8, 4) is 0 Å². The molecule has 0 spiro atoms. The van der Waals surface area contributed by atoms with Gasteiger partial charge < -0.3 is 14.9 Å². The summed E-state index contributed by atoms with van der Waals surface area (Å²) >= 11 is 6.49. The van der Waals surface area contributed by atoms with Gasteiger partial charge in [-0.05, 0) is 37.0 Å². The fourth-order valence-corrected chi connectivity index (χ4v) is 5.05. The molecule has 0 aliphatic carbocycles. The smallest absolute Gasteiger partial charge is 0.257 e. The van der Waals surface area contributed by atoms with E-state index < -0.39 is 0 Å². The molecule has 2 atom stereocenters. The van der Waals surface area contributed by atoms with Gasteiger partial charge in [0.15, 0.2) is 0 Å². The van der Waals surface area contributed by atoms with E-state index in [1.807, 2.05) is 47.4 Å². The van der Waals surface area contributed by atoms with Crippen LogP contribution in [-0.2, 0) is 4.79 Å². The molecule has 1 amide bonds. The lowest BCUT2D eigenvalue weighted by atomic mass is 9.99. The lowest BCUT2D eigenvalue weighted by molar-refractivity contribution is -0.126. The maximum absolute atomic E-state index is 13.5. The Labute approximate surface area is 201 Å². The third kappa shape index (κ3) is 5.09. The number of unbranched alkanes of at least 4 members (excludes halogenated alkanes) is 1. The summed E-state index contributed by atoms with van der Waals surface area (Å²) in [6.07, 6.45) is 3.66. The Balaban J connectivity index is 1.57. The maximum Gasteiger partial charge on any atom is 0.257 e. The first-order valence-corrected chi connectivity index (χ1v) is 12.2. The molecule has 2 aromatic rings. The lowest BCUT2D eigenvalue weighted by Crippen LogP contribution is -2.42. The van der Waals surface area contributed by atoms with Crippen molar-refractivity contribution in [3.63, 3.8) is 0 Å². The number of aliphatic hydroxyl groups excluding tert-OH is 1. The molecule has 2 aliphatic heterocycles. The number of carbonyl (C=O) groups excluding carboxylic acids is 1. The zero-order chi connectivity index (χ0) is 23.4. The quantitative estimate of drug-likeness (QED) is 0.538. The summed E-state index contributed by atoms with van der Waals surface area (Å²) in [4.78, 5) is 22.0. The van der Waals surface area contributed by atoms with Gasteiger partial charge >= 0.3 is 0 Å². The summed E-state index contributed by atoms with van der Waals surface area (Å²) in [5.74, 6) is 0.864. The van der Waals surface area contributed by atoms with Gasteiger partial charge in [-0.2, -0.15) is 0 Å². The number of hydrogen-bond donors (Lipinski definition) is 1. The van der Waals surface area contributed by atoms with Gasteiger partial charge in [-0.1, -0.05) is 73.5 Å². The van der Waals surface area contributed by atoms with Crippen molar-refractivity contribution in [1.29, 1.82) is 0 Å². The molecule has 2 heterocycles. The Morgan fingerprint density at radius 1 is 1.18 bits per heavy atom. The van der Waals surface area contributed by atoms with Crippen LogP contribution in [0.25, 0.3) is 0 Å². The van der Waals surface area contributed by atoms with Gasteiger partial charge in [-0.15, -0.1) is 0 Å². The van der Waals surface area contributed by atoms with Crippen LogP contribution in [-0.4, -0.2) is 46.3 Å². The molecule has 1 N–H and O–H groups in total. The zero-order valence-corrected chi connectivity index (χ0v) is 20.1. The summed E-state index contributed by atoms with van der Waals surface area (Å²) < 4.78 is 0. The SMILES string of the molecule is CCCCC1=NC(O)=C(C(=O)N2CC[C@@H](c3ccccc3)C2)CN1C(C)c1ccccc1Cl. The van der Waals surface area contributed by atoms with E-state index in [9.17, 15) is 9.90 Å². The van der Waals surface area contributed by atoms with E-state index in [1.54, 1.807) is 0 Å². The van der Waals surface area contributed by atoms with Crippen LogP contribution in [0.4, 0.5) is 0 Å². The number of carbonyl (C=O) groups is 1. The van der Waals surface area contributed by atoms with Crippen LogP contribution < -0.4 is 0 Å². The number of aliphatic imine (C=N–C) groups is 1. The minimum atomic E-state index is -0.142. The van der Waals surface area contributed by atoms with Gasteiger partial charge in [-0.3, -0.25) is 4.79 Å². The van der Waals surface area contributed by atoms with Crippen molar-refractivity contribution >= 4 is 23.3 Å². The van der Waals surface area contributed by atoms with E-state index in [0.717, 1.165) is 37.1 Å². The van der Waals surface area contributed by atoms with E-state index in [2.05, 4.69) is 35.9 Å². The third-order valence-electron chi connectivity index (χ3n) is 6.75. The van der Waals surface area contributed by atoms with Crippen LogP contribution in [0.1, 0.15) is 62.6 Å². The van der Waals surface area contributed by atoms with E-state index >= 15 is 0 Å². The molecule has 0 bridgehead atoms. The van der Waals surface area contributed by atoms with E-state index in [1.165, 1.54) is 5.56 Å². The Morgan fingerprint density at radius 3 is 2.64 bits per heavy atom. The normalized spacial score (nSPS) is 19.6. The van der Waals surface area contributed by atoms with Crippen molar-refractivity contribution < 1.29 is 9.90 Å². The Morgan fingerprint density at radius 2 is 1.91 bits per heavy atom. The van der Waals surface area contributed by atoms with Gasteiger partial charge in [0.1, 0.15) is 5.84 Å². The summed E-state index contributed by atoms with van der Waals surface area (Å²) in [5.41, 5.74) is 2.60. The molecule has 5 nitrogen and oxygen atoms in total. The summed E-state index contributed by atoms with van der Waals surface area (Å²) in [7, 11) is 0. The molecule has 1 saturated heterocycles. The van der Waals surface area contributed by atoms with Crippen molar-refractivity contribution in [2.75, 3.05) is 19.6 Å². The Hall–Kier alpha value is -2.79. The fourth-order valence-electron chi connectivity index (χ4n) is 4.76. The van der Waals surface area contributed by atoms with Crippen LogP contribution in [0.2, 0.25) is 5.02 Å². The second-order valence-corrected chi connectivity index (χ2v) is 9.31. The highest BCUT2D eigenvalue weighted by molar-refractivity contribution is 6.31. The summed E-state index contributed by atoms with van der Waals surface area (Å²) in [5, 5.41) is 11.5. The minimum absolute atomic E-state index is 0.0687. The molecular weight excluding hydrogens is 434 g/mol. The highest BCUT2D eigenvalue weighted by Crippen LogP contribution is 2.33. The molecule has 2 aliphatic rings. The van der Waals surface area contributed by atoms with Gasteiger partial charge in [-0.25, -0.2) is 4.99 Å². The number of rotatable bonds is 7. The van der Waals surface area contributed by atoms with Gasteiger partial charge in [0.2, 0.25) is 5.88 Å². The monoisotopic (exact) mass is 465 g/mol. The highest BCUT2D eigenvalue weighted by Gasteiger charge is 2.35. The molecule has 4 rings (SSSR count). The molecule has 0 aromatic heterocycles. The molecule has 1 fully saturated rings.